The zero-order valence-corrected chi connectivity index (χ0v) is 11.0. The molecule has 2 heteroatoms. The third-order valence-corrected chi connectivity index (χ3v) is 3.94. The van der Waals surface area contributed by atoms with Crippen LogP contribution in [0.5, 0.6) is 0 Å². The first-order valence-corrected chi connectivity index (χ1v) is 6.77. The predicted octanol–water partition coefficient (Wildman–Crippen LogP) is 3.30. The van der Waals surface area contributed by atoms with Crippen LogP contribution in [-0.4, -0.2) is 23.9 Å². The minimum absolute atomic E-state index is 0.253. The van der Waals surface area contributed by atoms with Gasteiger partial charge in [0, 0.05) is 12.6 Å². The molecule has 2 rings (SSSR count). The first-order valence-electron chi connectivity index (χ1n) is 6.77. The molecule has 1 heterocycles. The maximum absolute atomic E-state index is 11.1. The summed E-state index contributed by atoms with van der Waals surface area (Å²) < 4.78 is 0. The molecular formula is C15H23NO. The minimum atomic E-state index is 0.253. The van der Waals surface area contributed by atoms with E-state index in [4.69, 9.17) is 0 Å². The molecule has 1 aliphatic heterocycles. The molecule has 1 aliphatic carbocycles. The van der Waals surface area contributed by atoms with Gasteiger partial charge in [-0.15, -0.1) is 0 Å². The normalized spacial score (nSPS) is 30.4. The van der Waals surface area contributed by atoms with Crippen molar-refractivity contribution in [1.82, 2.24) is 4.90 Å². The Kier molecular flexibility index (Phi) is 4.03. The van der Waals surface area contributed by atoms with Crippen LogP contribution in [0.2, 0.25) is 0 Å². The minimum Gasteiger partial charge on any atom is -0.339 e. The molecule has 0 saturated heterocycles. The van der Waals surface area contributed by atoms with Gasteiger partial charge in [-0.3, -0.25) is 4.79 Å². The smallest absolute Gasteiger partial charge is 0.210 e. The van der Waals surface area contributed by atoms with Crippen LogP contribution < -0.4 is 0 Å². The summed E-state index contributed by atoms with van der Waals surface area (Å²) in [6.45, 7) is 5.32. The third-order valence-electron chi connectivity index (χ3n) is 3.94. The SMILES string of the molecule is CC1CC2=CCCN(C=O)C(C)C=C(CC2)C1. The van der Waals surface area contributed by atoms with Crippen LogP contribution in [-0.2, 0) is 4.79 Å². The molecule has 0 spiro atoms. The van der Waals surface area contributed by atoms with Gasteiger partial charge in [-0.2, -0.15) is 0 Å². The molecule has 0 aromatic carbocycles. The summed E-state index contributed by atoms with van der Waals surface area (Å²) in [4.78, 5) is 13.0. The van der Waals surface area contributed by atoms with Gasteiger partial charge in [0.15, 0.2) is 0 Å². The summed E-state index contributed by atoms with van der Waals surface area (Å²) >= 11 is 0. The van der Waals surface area contributed by atoms with E-state index in [1.54, 1.807) is 11.1 Å². The number of allylic oxidation sites excluding steroid dienone is 2. The standard InChI is InChI=1S/C15H23NO/c1-12-8-14-4-3-7-16(11-17)13(2)10-15(9-12)6-5-14/h4,10-13H,3,5-9H2,1-2H3. The Morgan fingerprint density at radius 3 is 2.71 bits per heavy atom. The van der Waals surface area contributed by atoms with E-state index in [1.165, 1.54) is 25.7 Å². The average Bonchev–Trinajstić information content (AvgIpc) is 2.47. The Hall–Kier alpha value is -1.05. The van der Waals surface area contributed by atoms with E-state index in [1.807, 2.05) is 4.90 Å². The predicted molar refractivity (Wildman–Crippen MR) is 70.6 cm³/mol. The Morgan fingerprint density at radius 2 is 1.94 bits per heavy atom. The van der Waals surface area contributed by atoms with Crippen molar-refractivity contribution in [3.8, 4) is 0 Å². The lowest BCUT2D eigenvalue weighted by Crippen LogP contribution is -2.31. The molecule has 1 saturated carbocycles. The van der Waals surface area contributed by atoms with Gasteiger partial charge >= 0.3 is 0 Å². The first-order chi connectivity index (χ1) is 8.19. The highest BCUT2D eigenvalue weighted by molar-refractivity contribution is 5.48. The molecule has 0 radical (unpaired) electrons. The monoisotopic (exact) mass is 233 g/mol. The number of amides is 1. The number of hydrogen-bond acceptors (Lipinski definition) is 1. The van der Waals surface area contributed by atoms with Crippen LogP contribution in [0.4, 0.5) is 0 Å². The number of carbonyl (C=O) groups is 1. The number of carbonyl (C=O) groups excluding carboxylic acids is 1. The zero-order chi connectivity index (χ0) is 12.3. The van der Waals surface area contributed by atoms with Crippen molar-refractivity contribution in [2.75, 3.05) is 6.54 Å². The Bertz CT molecular complexity index is 343. The van der Waals surface area contributed by atoms with E-state index in [-0.39, 0.29) is 6.04 Å². The van der Waals surface area contributed by atoms with Gasteiger partial charge in [-0.25, -0.2) is 0 Å². The molecule has 17 heavy (non-hydrogen) atoms. The Morgan fingerprint density at radius 1 is 1.24 bits per heavy atom. The molecule has 0 aromatic heterocycles. The summed E-state index contributed by atoms with van der Waals surface area (Å²) in [5.74, 6) is 0.755. The van der Waals surface area contributed by atoms with Crippen molar-refractivity contribution < 1.29 is 4.79 Å². The van der Waals surface area contributed by atoms with Crippen LogP contribution in [0.15, 0.2) is 23.3 Å². The molecule has 0 N–H and O–H groups in total. The van der Waals surface area contributed by atoms with Crippen LogP contribution >= 0.6 is 0 Å². The van der Waals surface area contributed by atoms with Crippen LogP contribution in [0.3, 0.4) is 0 Å². The number of rotatable bonds is 1. The van der Waals surface area contributed by atoms with Gasteiger partial charge in [-0.1, -0.05) is 30.2 Å². The highest BCUT2D eigenvalue weighted by Gasteiger charge is 2.18. The number of hydrogen-bond donors (Lipinski definition) is 0. The molecule has 2 unspecified atom stereocenters. The molecule has 2 atom stereocenters. The molecule has 2 nitrogen and oxygen atoms in total. The van der Waals surface area contributed by atoms with Crippen LogP contribution in [0, 0.1) is 5.92 Å². The van der Waals surface area contributed by atoms with E-state index in [0.717, 1.165) is 25.3 Å². The van der Waals surface area contributed by atoms with Gasteiger partial charge in [0.2, 0.25) is 6.41 Å². The zero-order valence-electron chi connectivity index (χ0n) is 11.0. The van der Waals surface area contributed by atoms with E-state index < -0.39 is 0 Å². The first kappa shape index (κ1) is 12.4. The topological polar surface area (TPSA) is 20.3 Å². The molecule has 2 bridgehead atoms. The second kappa shape index (κ2) is 5.52. The summed E-state index contributed by atoms with van der Waals surface area (Å²) in [6, 6.07) is 0.253. The molecule has 1 amide bonds. The van der Waals surface area contributed by atoms with Crippen molar-refractivity contribution >= 4 is 6.41 Å². The van der Waals surface area contributed by atoms with Crippen molar-refractivity contribution in [3.05, 3.63) is 23.3 Å². The molecular weight excluding hydrogens is 210 g/mol. The van der Waals surface area contributed by atoms with Gasteiger partial charge in [0.05, 0.1) is 0 Å². The average molecular weight is 233 g/mol. The van der Waals surface area contributed by atoms with Gasteiger partial charge in [0.25, 0.3) is 0 Å². The second-order valence-corrected chi connectivity index (χ2v) is 5.57. The fourth-order valence-electron chi connectivity index (χ4n) is 3.04. The van der Waals surface area contributed by atoms with Crippen molar-refractivity contribution in [1.29, 1.82) is 0 Å². The number of fused-ring (bicyclic) bond motifs is 3. The Balaban J connectivity index is 2.25. The maximum Gasteiger partial charge on any atom is 0.210 e. The highest BCUT2D eigenvalue weighted by Crippen LogP contribution is 2.31. The second-order valence-electron chi connectivity index (χ2n) is 5.57. The third kappa shape index (κ3) is 3.21. The lowest BCUT2D eigenvalue weighted by Gasteiger charge is -2.24. The van der Waals surface area contributed by atoms with Crippen LogP contribution in [0.25, 0.3) is 0 Å². The fourth-order valence-corrected chi connectivity index (χ4v) is 3.04. The van der Waals surface area contributed by atoms with Crippen LogP contribution in [0.1, 0.15) is 46.0 Å². The van der Waals surface area contributed by atoms with Gasteiger partial charge < -0.3 is 4.90 Å². The lowest BCUT2D eigenvalue weighted by atomic mass is 9.97. The molecule has 94 valence electrons. The summed E-state index contributed by atoms with van der Waals surface area (Å²) in [5.41, 5.74) is 3.14. The van der Waals surface area contributed by atoms with Crippen molar-refractivity contribution in [2.45, 2.75) is 52.0 Å². The van der Waals surface area contributed by atoms with Gasteiger partial charge in [0.1, 0.15) is 0 Å². The maximum atomic E-state index is 11.1. The quantitative estimate of drug-likeness (QED) is 0.502. The Labute approximate surface area is 104 Å². The summed E-state index contributed by atoms with van der Waals surface area (Å²) in [5, 5.41) is 0. The molecule has 1 fully saturated rings. The van der Waals surface area contributed by atoms with Gasteiger partial charge in [-0.05, 0) is 44.9 Å². The largest absolute Gasteiger partial charge is 0.339 e. The molecule has 2 aliphatic rings. The van der Waals surface area contributed by atoms with E-state index in [9.17, 15) is 4.79 Å². The van der Waals surface area contributed by atoms with Crippen molar-refractivity contribution in [2.24, 2.45) is 5.92 Å². The highest BCUT2D eigenvalue weighted by atomic mass is 16.1. The lowest BCUT2D eigenvalue weighted by molar-refractivity contribution is -0.119. The summed E-state index contributed by atoms with van der Waals surface area (Å²) in [6.07, 6.45) is 11.6. The molecule has 0 aromatic rings. The van der Waals surface area contributed by atoms with E-state index in [0.29, 0.717) is 0 Å². The fraction of sp³-hybridized carbons (Fsp3) is 0.667. The summed E-state index contributed by atoms with van der Waals surface area (Å²) in [7, 11) is 0. The van der Waals surface area contributed by atoms with Crippen molar-refractivity contribution in [3.63, 3.8) is 0 Å². The van der Waals surface area contributed by atoms with E-state index in [2.05, 4.69) is 26.0 Å². The van der Waals surface area contributed by atoms with E-state index >= 15 is 0 Å². The number of nitrogens with zero attached hydrogens (tertiary/aromatic N) is 1.